The molecule has 3 aromatic heterocycles. The Hall–Kier alpha value is -3.38. The van der Waals surface area contributed by atoms with E-state index in [4.69, 9.17) is 9.47 Å². The predicted molar refractivity (Wildman–Crippen MR) is 130 cm³/mol. The molecule has 3 aromatic rings. The Kier molecular flexibility index (Phi) is 8.17. The molecule has 0 radical (unpaired) electrons. The number of nitrogens with zero attached hydrogens (tertiary/aromatic N) is 3. The first kappa shape index (κ1) is 26.2. The molecule has 0 aromatic carbocycles. The van der Waals surface area contributed by atoms with E-state index in [9.17, 15) is 18.0 Å². The van der Waals surface area contributed by atoms with Gasteiger partial charge in [0.2, 0.25) is 5.88 Å². The number of alkyl halides is 3. The summed E-state index contributed by atoms with van der Waals surface area (Å²) in [4.78, 5) is 20.9. The maximum Gasteiger partial charge on any atom is 0.417 e. The molecule has 12 heteroatoms. The third kappa shape index (κ3) is 7.55. The van der Waals surface area contributed by atoms with E-state index in [1.54, 1.807) is 35.0 Å². The highest BCUT2D eigenvalue weighted by Crippen LogP contribution is 2.34. The van der Waals surface area contributed by atoms with Crippen molar-refractivity contribution in [1.82, 2.24) is 14.5 Å². The van der Waals surface area contributed by atoms with Gasteiger partial charge in [-0.3, -0.25) is 4.79 Å². The van der Waals surface area contributed by atoms with Gasteiger partial charge in [-0.1, -0.05) is 19.6 Å². The Balaban J connectivity index is 1.80. The summed E-state index contributed by atoms with van der Waals surface area (Å²) in [6, 6.07) is 8.25. The number of carbonyl (C=O) groups is 1. The standard InChI is InChI=1S/C23H28F3N5O3Si/c1-33-20-8-7-17(14-27-20)29-21-18(12-16(13-28-21)23(24,25)26)30-22(32)19-6-5-9-31(19)15-34-10-11-35(2,3)4/h5-9,12-14H,10-11,15H2,1-4H3,(H,28,29)(H,30,32). The van der Waals surface area contributed by atoms with Crippen LogP contribution in [0.4, 0.5) is 30.4 Å². The minimum atomic E-state index is -4.63. The van der Waals surface area contributed by atoms with E-state index in [0.717, 1.165) is 12.1 Å². The number of aromatic nitrogens is 3. The van der Waals surface area contributed by atoms with E-state index in [1.165, 1.54) is 13.3 Å². The van der Waals surface area contributed by atoms with Crippen LogP contribution < -0.4 is 15.4 Å². The quantitative estimate of drug-likeness (QED) is 0.274. The molecule has 0 atom stereocenters. The van der Waals surface area contributed by atoms with Crippen LogP contribution in [0.2, 0.25) is 25.7 Å². The number of carbonyl (C=O) groups excluding carboxylic acids is 1. The Labute approximate surface area is 202 Å². The van der Waals surface area contributed by atoms with Crippen molar-refractivity contribution in [2.24, 2.45) is 0 Å². The molecule has 188 valence electrons. The molecule has 0 aliphatic rings. The Morgan fingerprint density at radius 2 is 1.91 bits per heavy atom. The molecule has 0 bridgehead atoms. The fourth-order valence-electron chi connectivity index (χ4n) is 2.99. The zero-order valence-electron chi connectivity index (χ0n) is 19.9. The highest BCUT2D eigenvalue weighted by Gasteiger charge is 2.32. The van der Waals surface area contributed by atoms with Crippen LogP contribution in [0.15, 0.2) is 48.9 Å². The van der Waals surface area contributed by atoms with Gasteiger partial charge in [-0.2, -0.15) is 13.2 Å². The lowest BCUT2D eigenvalue weighted by Crippen LogP contribution is -2.23. The van der Waals surface area contributed by atoms with Crippen LogP contribution >= 0.6 is 0 Å². The minimum Gasteiger partial charge on any atom is -0.481 e. The summed E-state index contributed by atoms with van der Waals surface area (Å²) in [5.74, 6) is -0.194. The summed E-state index contributed by atoms with van der Waals surface area (Å²) < 4.78 is 52.3. The van der Waals surface area contributed by atoms with Crippen molar-refractivity contribution < 1.29 is 27.4 Å². The van der Waals surface area contributed by atoms with Crippen molar-refractivity contribution in [1.29, 1.82) is 0 Å². The third-order valence-electron chi connectivity index (χ3n) is 4.96. The number of hydrogen-bond donors (Lipinski definition) is 2. The maximum absolute atomic E-state index is 13.3. The maximum atomic E-state index is 13.3. The zero-order valence-corrected chi connectivity index (χ0v) is 20.9. The van der Waals surface area contributed by atoms with E-state index in [2.05, 4.69) is 40.2 Å². The van der Waals surface area contributed by atoms with Gasteiger partial charge in [-0.15, -0.1) is 0 Å². The summed E-state index contributed by atoms with van der Waals surface area (Å²) in [6.07, 6.45) is -0.816. The summed E-state index contributed by atoms with van der Waals surface area (Å²) in [7, 11) is 0.205. The number of hydrogen-bond acceptors (Lipinski definition) is 6. The molecule has 0 aliphatic carbocycles. The fraction of sp³-hybridized carbons (Fsp3) is 0.348. The van der Waals surface area contributed by atoms with Crippen molar-refractivity contribution in [3.63, 3.8) is 0 Å². The number of nitrogens with one attached hydrogen (secondary N) is 2. The SMILES string of the molecule is COc1ccc(Nc2ncc(C(F)(F)F)cc2NC(=O)c2cccn2COCC[Si](C)(C)C)cn1. The van der Waals surface area contributed by atoms with Crippen molar-refractivity contribution >= 4 is 31.2 Å². The fourth-order valence-corrected chi connectivity index (χ4v) is 3.74. The topological polar surface area (TPSA) is 90.3 Å². The summed E-state index contributed by atoms with van der Waals surface area (Å²) in [5.41, 5.74) is -0.426. The number of anilines is 3. The molecule has 3 rings (SSSR count). The van der Waals surface area contributed by atoms with Crippen LogP contribution in [0.5, 0.6) is 5.88 Å². The van der Waals surface area contributed by atoms with Crippen molar-refractivity contribution in [3.8, 4) is 5.88 Å². The normalized spacial score (nSPS) is 11.9. The second-order valence-corrected chi connectivity index (χ2v) is 14.6. The van der Waals surface area contributed by atoms with Crippen LogP contribution in [0, 0.1) is 0 Å². The van der Waals surface area contributed by atoms with E-state index in [0.29, 0.717) is 24.4 Å². The van der Waals surface area contributed by atoms with Gasteiger partial charge in [-0.05, 0) is 30.3 Å². The number of ether oxygens (including phenoxy) is 2. The molecule has 0 fully saturated rings. The monoisotopic (exact) mass is 507 g/mol. The molecule has 0 unspecified atom stereocenters. The first-order valence-electron chi connectivity index (χ1n) is 10.8. The third-order valence-corrected chi connectivity index (χ3v) is 6.66. The average Bonchev–Trinajstić information content (AvgIpc) is 3.26. The molecule has 2 N–H and O–H groups in total. The van der Waals surface area contributed by atoms with Crippen molar-refractivity contribution in [3.05, 3.63) is 60.2 Å². The van der Waals surface area contributed by atoms with E-state index in [1.807, 2.05) is 0 Å². The van der Waals surface area contributed by atoms with Gasteiger partial charge in [0.25, 0.3) is 5.91 Å². The van der Waals surface area contributed by atoms with E-state index >= 15 is 0 Å². The molecule has 8 nitrogen and oxygen atoms in total. The molecular weight excluding hydrogens is 479 g/mol. The summed E-state index contributed by atoms with van der Waals surface area (Å²) in [6.45, 7) is 7.44. The number of rotatable bonds is 10. The van der Waals surface area contributed by atoms with Gasteiger partial charge in [0.15, 0.2) is 5.82 Å². The molecular formula is C23H28F3N5O3Si. The second kappa shape index (κ2) is 10.9. The molecule has 0 saturated heterocycles. The van der Waals surface area contributed by atoms with Crippen molar-refractivity contribution in [2.45, 2.75) is 38.6 Å². The molecule has 1 amide bonds. The van der Waals surface area contributed by atoms with Crippen LogP contribution in [0.1, 0.15) is 16.1 Å². The number of halogens is 3. The summed E-state index contributed by atoms with van der Waals surface area (Å²) in [5, 5.41) is 5.43. The van der Waals surface area contributed by atoms with Crippen LogP contribution in [-0.4, -0.2) is 42.2 Å². The largest absolute Gasteiger partial charge is 0.481 e. The smallest absolute Gasteiger partial charge is 0.417 e. The van der Waals surface area contributed by atoms with Gasteiger partial charge >= 0.3 is 6.18 Å². The van der Waals surface area contributed by atoms with E-state index in [-0.39, 0.29) is 23.9 Å². The van der Waals surface area contributed by atoms with Gasteiger partial charge in [-0.25, -0.2) is 9.97 Å². The van der Waals surface area contributed by atoms with Crippen LogP contribution in [0.25, 0.3) is 0 Å². The lowest BCUT2D eigenvalue weighted by Gasteiger charge is -2.17. The molecule has 0 aliphatic heterocycles. The molecule has 0 saturated carbocycles. The van der Waals surface area contributed by atoms with E-state index < -0.39 is 25.7 Å². The van der Waals surface area contributed by atoms with Gasteiger partial charge < -0.3 is 24.7 Å². The molecule has 3 heterocycles. The van der Waals surface area contributed by atoms with Gasteiger partial charge in [0.1, 0.15) is 12.4 Å². The summed E-state index contributed by atoms with van der Waals surface area (Å²) >= 11 is 0. The zero-order chi connectivity index (χ0) is 25.6. The molecule has 0 spiro atoms. The Morgan fingerprint density at radius 1 is 1.14 bits per heavy atom. The Morgan fingerprint density at radius 3 is 2.54 bits per heavy atom. The lowest BCUT2D eigenvalue weighted by atomic mass is 10.2. The highest BCUT2D eigenvalue weighted by atomic mass is 28.3. The first-order valence-corrected chi connectivity index (χ1v) is 14.6. The lowest BCUT2D eigenvalue weighted by molar-refractivity contribution is -0.137. The van der Waals surface area contributed by atoms with Gasteiger partial charge in [0.05, 0.1) is 30.2 Å². The van der Waals surface area contributed by atoms with Crippen molar-refractivity contribution in [2.75, 3.05) is 24.4 Å². The molecule has 35 heavy (non-hydrogen) atoms. The predicted octanol–water partition coefficient (Wildman–Crippen LogP) is 5.61. The average molecular weight is 508 g/mol. The number of methoxy groups -OCH3 is 1. The van der Waals surface area contributed by atoms with Crippen LogP contribution in [0.3, 0.4) is 0 Å². The van der Waals surface area contributed by atoms with Crippen LogP contribution in [-0.2, 0) is 17.6 Å². The number of pyridine rings is 2. The Bertz CT molecular complexity index is 1140. The number of amides is 1. The first-order chi connectivity index (χ1) is 16.5. The minimum absolute atomic E-state index is 0.0304. The second-order valence-electron chi connectivity index (χ2n) is 9.00. The highest BCUT2D eigenvalue weighted by molar-refractivity contribution is 6.76. The van der Waals surface area contributed by atoms with Gasteiger partial charge in [0, 0.05) is 33.1 Å².